The fraction of sp³-hybridized carbons (Fsp3) is 0.889. The third-order valence-electron chi connectivity index (χ3n) is 4.27. The second-order valence-corrected chi connectivity index (χ2v) is 6.19. The maximum absolute atomic E-state index is 12.2. The summed E-state index contributed by atoms with van der Waals surface area (Å²) in [7, 11) is 1.90. The van der Waals surface area contributed by atoms with Crippen LogP contribution in [0.3, 0.4) is 0 Å². The van der Waals surface area contributed by atoms with E-state index in [-0.39, 0.29) is 29.9 Å². The lowest BCUT2D eigenvalue weighted by Gasteiger charge is -2.25. The van der Waals surface area contributed by atoms with Gasteiger partial charge in [-0.1, -0.05) is 0 Å². The minimum Gasteiger partial charge on any atom is -0.381 e. The number of halogens is 1. The van der Waals surface area contributed by atoms with Crippen LogP contribution in [-0.4, -0.2) is 87.4 Å². The first-order chi connectivity index (χ1) is 12.1. The molecule has 1 aliphatic rings. The molecule has 1 N–H and O–H groups in total. The molecule has 7 nitrogen and oxygen atoms in total. The molecule has 0 saturated carbocycles. The van der Waals surface area contributed by atoms with Crippen LogP contribution in [0.25, 0.3) is 0 Å². The molecule has 0 aromatic rings. The number of ether oxygens (including phenoxy) is 2. The molecule has 26 heavy (non-hydrogen) atoms. The fourth-order valence-corrected chi connectivity index (χ4v) is 2.77. The molecule has 1 fully saturated rings. The average molecular weight is 484 g/mol. The van der Waals surface area contributed by atoms with E-state index in [9.17, 15) is 4.79 Å². The zero-order valence-electron chi connectivity index (χ0n) is 16.8. The third kappa shape index (κ3) is 9.91. The van der Waals surface area contributed by atoms with Crippen molar-refractivity contribution in [2.75, 3.05) is 59.6 Å². The molecule has 1 saturated heterocycles. The lowest BCUT2D eigenvalue weighted by atomic mass is 10.1. The molecule has 0 radical (unpaired) electrons. The van der Waals surface area contributed by atoms with E-state index < -0.39 is 0 Å². The van der Waals surface area contributed by atoms with Crippen molar-refractivity contribution >= 4 is 35.8 Å². The number of amides is 1. The molecule has 0 spiro atoms. The quantitative estimate of drug-likeness (QED) is 0.222. The maximum Gasteiger partial charge on any atom is 0.242 e. The lowest BCUT2D eigenvalue weighted by Crippen LogP contribution is -2.45. The van der Waals surface area contributed by atoms with Gasteiger partial charge in [-0.2, -0.15) is 0 Å². The van der Waals surface area contributed by atoms with E-state index in [1.807, 2.05) is 37.6 Å². The van der Waals surface area contributed by atoms with Crippen molar-refractivity contribution in [3.8, 4) is 0 Å². The predicted octanol–water partition coefficient (Wildman–Crippen LogP) is 1.96. The van der Waals surface area contributed by atoms with Gasteiger partial charge >= 0.3 is 0 Å². The number of hydrogen-bond donors (Lipinski definition) is 1. The van der Waals surface area contributed by atoms with Gasteiger partial charge in [0.05, 0.1) is 12.6 Å². The van der Waals surface area contributed by atoms with Crippen molar-refractivity contribution in [1.82, 2.24) is 15.1 Å². The fourth-order valence-electron chi connectivity index (χ4n) is 2.77. The first-order valence-electron chi connectivity index (χ1n) is 9.58. The van der Waals surface area contributed by atoms with Crippen LogP contribution < -0.4 is 5.32 Å². The van der Waals surface area contributed by atoms with Gasteiger partial charge in [-0.25, -0.2) is 0 Å². The minimum atomic E-state index is 0. The summed E-state index contributed by atoms with van der Waals surface area (Å²) < 4.78 is 11.2. The smallest absolute Gasteiger partial charge is 0.242 e. The highest BCUT2D eigenvalue weighted by molar-refractivity contribution is 14.0. The van der Waals surface area contributed by atoms with Crippen LogP contribution in [0.2, 0.25) is 0 Å². The number of aliphatic imine (C=N–C) groups is 1. The molecule has 1 aliphatic heterocycles. The van der Waals surface area contributed by atoms with Crippen LogP contribution in [0.5, 0.6) is 0 Å². The largest absolute Gasteiger partial charge is 0.381 e. The molecule has 0 aliphatic carbocycles. The van der Waals surface area contributed by atoms with E-state index in [2.05, 4.69) is 10.3 Å². The molecule has 1 amide bonds. The zero-order valence-corrected chi connectivity index (χ0v) is 19.2. The van der Waals surface area contributed by atoms with Gasteiger partial charge in [-0.15, -0.1) is 24.0 Å². The molecule has 1 heterocycles. The van der Waals surface area contributed by atoms with Gasteiger partial charge in [0, 0.05) is 53.0 Å². The highest BCUT2D eigenvalue weighted by Gasteiger charge is 2.15. The molecule has 0 atom stereocenters. The van der Waals surface area contributed by atoms with E-state index in [1.165, 1.54) is 0 Å². The standard InChI is InChI=1S/C18H36N4O3.HI/c1-5-19-18(21(4)15-17(23)22(6-2)7-3)20-11-8-12-25-16-9-13-24-14-10-16;/h16H,5-15H2,1-4H3,(H,19,20);1H. The Bertz CT molecular complexity index is 400. The first kappa shape index (κ1) is 25.4. The highest BCUT2D eigenvalue weighted by atomic mass is 127. The summed E-state index contributed by atoms with van der Waals surface area (Å²) in [6.07, 6.45) is 3.19. The van der Waals surface area contributed by atoms with Crippen molar-refractivity contribution in [3.05, 3.63) is 0 Å². The highest BCUT2D eigenvalue weighted by Crippen LogP contribution is 2.10. The Morgan fingerprint density at radius 3 is 2.46 bits per heavy atom. The van der Waals surface area contributed by atoms with Crippen LogP contribution in [-0.2, 0) is 14.3 Å². The molecule has 154 valence electrons. The summed E-state index contributed by atoms with van der Waals surface area (Å²) in [6.45, 7) is 11.6. The van der Waals surface area contributed by atoms with Gasteiger partial charge in [0.15, 0.2) is 5.96 Å². The first-order valence-corrected chi connectivity index (χ1v) is 9.58. The third-order valence-corrected chi connectivity index (χ3v) is 4.27. The summed E-state index contributed by atoms with van der Waals surface area (Å²) in [4.78, 5) is 20.6. The van der Waals surface area contributed by atoms with Gasteiger partial charge in [0.1, 0.15) is 0 Å². The second-order valence-electron chi connectivity index (χ2n) is 6.19. The van der Waals surface area contributed by atoms with Crippen molar-refractivity contribution in [2.24, 2.45) is 4.99 Å². The zero-order chi connectivity index (χ0) is 18.5. The Balaban J connectivity index is 0.00000625. The number of rotatable bonds is 10. The normalized spacial score (nSPS) is 15.3. The van der Waals surface area contributed by atoms with Crippen LogP contribution in [0.1, 0.15) is 40.0 Å². The van der Waals surface area contributed by atoms with Crippen molar-refractivity contribution in [2.45, 2.75) is 46.1 Å². The number of guanidine groups is 1. The molecule has 8 heteroatoms. The minimum absolute atomic E-state index is 0. The number of carbonyl (C=O) groups excluding carboxylic acids is 1. The van der Waals surface area contributed by atoms with Crippen molar-refractivity contribution in [3.63, 3.8) is 0 Å². The summed E-state index contributed by atoms with van der Waals surface area (Å²) in [5.74, 6) is 0.898. The van der Waals surface area contributed by atoms with Gasteiger partial charge in [0.25, 0.3) is 0 Å². The summed E-state index contributed by atoms with van der Waals surface area (Å²) in [5.41, 5.74) is 0. The Hall–Kier alpha value is -0.610. The second kappa shape index (κ2) is 15.4. The average Bonchev–Trinajstić information content (AvgIpc) is 2.62. The molecule has 1 rings (SSSR count). The number of hydrogen-bond acceptors (Lipinski definition) is 4. The van der Waals surface area contributed by atoms with E-state index in [0.29, 0.717) is 19.2 Å². The Morgan fingerprint density at radius 2 is 1.88 bits per heavy atom. The summed E-state index contributed by atoms with van der Waals surface area (Å²) >= 11 is 0. The topological polar surface area (TPSA) is 66.4 Å². The molecule has 0 bridgehead atoms. The maximum atomic E-state index is 12.2. The number of likely N-dealkylation sites (N-methyl/N-ethyl adjacent to an activating group) is 2. The van der Waals surface area contributed by atoms with Crippen molar-refractivity contribution < 1.29 is 14.3 Å². The van der Waals surface area contributed by atoms with Crippen LogP contribution in [0.4, 0.5) is 0 Å². The van der Waals surface area contributed by atoms with Crippen LogP contribution in [0, 0.1) is 0 Å². The van der Waals surface area contributed by atoms with E-state index in [1.54, 1.807) is 0 Å². The molecular weight excluding hydrogens is 447 g/mol. The summed E-state index contributed by atoms with van der Waals surface area (Å²) in [6, 6.07) is 0. The molecule has 0 aromatic carbocycles. The number of carbonyl (C=O) groups is 1. The Kier molecular flexibility index (Phi) is 15.1. The predicted molar refractivity (Wildman–Crippen MR) is 116 cm³/mol. The van der Waals surface area contributed by atoms with E-state index in [4.69, 9.17) is 9.47 Å². The van der Waals surface area contributed by atoms with E-state index in [0.717, 1.165) is 64.7 Å². The van der Waals surface area contributed by atoms with Crippen molar-refractivity contribution in [1.29, 1.82) is 0 Å². The van der Waals surface area contributed by atoms with E-state index >= 15 is 0 Å². The Morgan fingerprint density at radius 1 is 1.23 bits per heavy atom. The molecular formula is C18H37IN4O3. The SMILES string of the molecule is CCNC(=NCCCOC1CCOCC1)N(C)CC(=O)N(CC)CC.I. The summed E-state index contributed by atoms with van der Waals surface area (Å²) in [5, 5.41) is 3.25. The van der Waals surface area contributed by atoms with Crippen LogP contribution in [0.15, 0.2) is 4.99 Å². The van der Waals surface area contributed by atoms with Gasteiger partial charge in [0.2, 0.25) is 5.91 Å². The van der Waals surface area contributed by atoms with Gasteiger partial charge in [-0.05, 0) is 40.0 Å². The molecule has 0 unspecified atom stereocenters. The van der Waals surface area contributed by atoms with Gasteiger partial charge in [-0.3, -0.25) is 9.79 Å². The number of nitrogens with zero attached hydrogens (tertiary/aromatic N) is 3. The van der Waals surface area contributed by atoms with Gasteiger partial charge < -0.3 is 24.6 Å². The lowest BCUT2D eigenvalue weighted by molar-refractivity contribution is -0.131. The van der Waals surface area contributed by atoms with Crippen LogP contribution >= 0.6 is 24.0 Å². The number of nitrogens with one attached hydrogen (secondary N) is 1. The molecule has 0 aromatic heterocycles. The Labute approximate surface area is 175 Å². The monoisotopic (exact) mass is 484 g/mol.